The third kappa shape index (κ3) is 5.09. The van der Waals surface area contributed by atoms with Crippen LogP contribution in [0.1, 0.15) is 72.6 Å². The maximum Gasteiger partial charge on any atom is 0.298 e. The van der Waals surface area contributed by atoms with E-state index in [9.17, 15) is 13.6 Å². The van der Waals surface area contributed by atoms with E-state index in [1.54, 1.807) is 32.8 Å². The molecule has 3 aromatic rings. The minimum absolute atomic E-state index is 0.0219. The third-order valence-corrected chi connectivity index (χ3v) is 8.18. The largest absolute Gasteiger partial charge is 0.493 e. The summed E-state index contributed by atoms with van der Waals surface area (Å²) in [6, 6.07) is 5.14. The summed E-state index contributed by atoms with van der Waals surface area (Å²) in [5, 5.41) is 13.1. The van der Waals surface area contributed by atoms with Gasteiger partial charge in [0.1, 0.15) is 29.8 Å². The first-order chi connectivity index (χ1) is 19.0. The molecule has 0 spiro atoms. The van der Waals surface area contributed by atoms with E-state index in [-0.39, 0.29) is 23.3 Å². The van der Waals surface area contributed by atoms with E-state index in [0.29, 0.717) is 24.7 Å². The summed E-state index contributed by atoms with van der Waals surface area (Å²) in [6.07, 6.45) is 4.01. The van der Waals surface area contributed by atoms with Crippen molar-refractivity contribution in [2.24, 2.45) is 5.92 Å². The normalized spacial score (nSPS) is 19.7. The van der Waals surface area contributed by atoms with Crippen molar-refractivity contribution in [3.05, 3.63) is 58.2 Å². The SMILES string of the molecule is Cc1nc(N[C@H](C)c2cccc(C(F)(F)CO)c2F)c2cc(C3CCC(C(=O)N(C)C)CC3)c3c(c2n1)CCO3. The summed E-state index contributed by atoms with van der Waals surface area (Å²) in [4.78, 5) is 23.5. The van der Waals surface area contributed by atoms with E-state index in [4.69, 9.17) is 14.8 Å². The number of aryl methyl sites for hydroxylation is 1. The number of aliphatic hydroxyl groups is 1. The molecule has 214 valence electrons. The van der Waals surface area contributed by atoms with E-state index < -0.39 is 30.0 Å². The fourth-order valence-corrected chi connectivity index (χ4v) is 6.07. The molecule has 5 rings (SSSR count). The molecule has 1 fully saturated rings. The lowest BCUT2D eigenvalue weighted by atomic mass is 9.77. The van der Waals surface area contributed by atoms with Crippen LogP contribution in [0, 0.1) is 18.7 Å². The molecule has 0 bridgehead atoms. The number of hydrogen-bond acceptors (Lipinski definition) is 6. The molecule has 2 N–H and O–H groups in total. The van der Waals surface area contributed by atoms with Gasteiger partial charge in [-0.25, -0.2) is 14.4 Å². The van der Waals surface area contributed by atoms with Gasteiger partial charge < -0.3 is 20.1 Å². The van der Waals surface area contributed by atoms with Gasteiger partial charge in [0.25, 0.3) is 5.92 Å². The van der Waals surface area contributed by atoms with Crippen molar-refractivity contribution in [1.82, 2.24) is 14.9 Å². The number of carbonyl (C=O) groups is 1. The molecular weight excluding hydrogens is 521 g/mol. The van der Waals surface area contributed by atoms with Crippen LogP contribution >= 0.6 is 0 Å². The fraction of sp³-hybridized carbons (Fsp3) is 0.500. The highest BCUT2D eigenvalue weighted by atomic mass is 19.3. The van der Waals surface area contributed by atoms with Gasteiger partial charge in [0.15, 0.2) is 0 Å². The van der Waals surface area contributed by atoms with Crippen molar-refractivity contribution in [2.45, 2.75) is 63.8 Å². The van der Waals surface area contributed by atoms with Gasteiger partial charge in [-0.15, -0.1) is 0 Å². The van der Waals surface area contributed by atoms with Crippen LogP contribution in [0.5, 0.6) is 5.75 Å². The first-order valence-corrected chi connectivity index (χ1v) is 13.7. The number of carbonyl (C=O) groups excluding carboxylic acids is 1. The molecule has 10 heteroatoms. The highest BCUT2D eigenvalue weighted by Gasteiger charge is 2.36. The Morgan fingerprint density at radius 3 is 2.62 bits per heavy atom. The monoisotopic (exact) mass is 556 g/mol. The Bertz CT molecular complexity index is 1440. The van der Waals surface area contributed by atoms with Gasteiger partial charge in [0.2, 0.25) is 5.91 Å². The van der Waals surface area contributed by atoms with E-state index in [1.807, 2.05) is 6.07 Å². The van der Waals surface area contributed by atoms with Crippen molar-refractivity contribution < 1.29 is 27.8 Å². The molecule has 1 amide bonds. The van der Waals surface area contributed by atoms with Gasteiger partial charge in [0.05, 0.1) is 23.7 Å². The lowest BCUT2D eigenvalue weighted by molar-refractivity contribution is -0.134. The van der Waals surface area contributed by atoms with Crippen LogP contribution in [0.15, 0.2) is 24.3 Å². The van der Waals surface area contributed by atoms with Gasteiger partial charge in [-0.3, -0.25) is 4.79 Å². The summed E-state index contributed by atoms with van der Waals surface area (Å²) in [5.41, 5.74) is 2.04. The van der Waals surface area contributed by atoms with Crippen molar-refractivity contribution in [3.63, 3.8) is 0 Å². The molecule has 40 heavy (non-hydrogen) atoms. The summed E-state index contributed by atoms with van der Waals surface area (Å²) in [5.74, 6) is -2.49. The number of alkyl halides is 2. The molecule has 2 heterocycles. The standard InChI is InChI=1S/C30H35F3N4O3/c1-16(20-6-5-7-24(25(20)31)30(32,33)15-38)34-28-23-14-22(18-8-10-19(11-9-18)29(39)37(3)4)27-21(12-13-40-27)26(23)35-17(2)36-28/h5-7,14,16,18-19,38H,8-13,15H2,1-4H3,(H,34,35,36)/t16-,18?,19?/m1/s1. The maximum absolute atomic E-state index is 15.2. The molecule has 1 atom stereocenters. The highest BCUT2D eigenvalue weighted by molar-refractivity contribution is 5.94. The topological polar surface area (TPSA) is 87.6 Å². The number of ether oxygens (including phenoxy) is 1. The van der Waals surface area contributed by atoms with Crippen molar-refractivity contribution in [1.29, 1.82) is 0 Å². The molecule has 1 aliphatic heterocycles. The number of amides is 1. The summed E-state index contributed by atoms with van der Waals surface area (Å²) in [7, 11) is 3.58. The zero-order chi connectivity index (χ0) is 28.8. The van der Waals surface area contributed by atoms with Gasteiger partial charge in [-0.1, -0.05) is 12.1 Å². The van der Waals surface area contributed by atoms with Gasteiger partial charge in [0, 0.05) is 42.9 Å². The second-order valence-corrected chi connectivity index (χ2v) is 11.1. The van der Waals surface area contributed by atoms with Crippen molar-refractivity contribution in [3.8, 4) is 5.75 Å². The lowest BCUT2D eigenvalue weighted by Gasteiger charge is -2.30. The molecule has 0 saturated heterocycles. The second kappa shape index (κ2) is 10.9. The molecule has 2 aromatic carbocycles. The van der Waals surface area contributed by atoms with E-state index in [2.05, 4.69) is 10.3 Å². The maximum atomic E-state index is 15.2. The molecule has 1 saturated carbocycles. The van der Waals surface area contributed by atoms with Crippen LogP contribution in [0.2, 0.25) is 0 Å². The summed E-state index contributed by atoms with van der Waals surface area (Å²) in [6.45, 7) is 2.53. The van der Waals surface area contributed by atoms with Crippen molar-refractivity contribution >= 4 is 22.6 Å². The molecular formula is C30H35F3N4O3. The minimum atomic E-state index is -3.69. The van der Waals surface area contributed by atoms with Crippen molar-refractivity contribution in [2.75, 3.05) is 32.6 Å². The fourth-order valence-electron chi connectivity index (χ4n) is 6.07. The minimum Gasteiger partial charge on any atom is -0.493 e. The number of benzene rings is 2. The smallest absolute Gasteiger partial charge is 0.298 e. The lowest BCUT2D eigenvalue weighted by Crippen LogP contribution is -2.32. The zero-order valence-electron chi connectivity index (χ0n) is 23.2. The van der Waals surface area contributed by atoms with Crippen LogP contribution < -0.4 is 10.1 Å². The second-order valence-electron chi connectivity index (χ2n) is 11.1. The Morgan fingerprint density at radius 2 is 1.95 bits per heavy atom. The molecule has 2 aliphatic rings. The van der Waals surface area contributed by atoms with Crippen LogP contribution in [0.3, 0.4) is 0 Å². The number of nitrogens with zero attached hydrogens (tertiary/aromatic N) is 3. The van der Waals surface area contributed by atoms with Crippen LogP contribution in [-0.4, -0.2) is 53.2 Å². The quantitative estimate of drug-likeness (QED) is 0.392. The number of nitrogens with one attached hydrogen (secondary N) is 1. The average molecular weight is 557 g/mol. The first-order valence-electron chi connectivity index (χ1n) is 13.7. The molecule has 0 unspecified atom stereocenters. The Labute approximate surface area is 231 Å². The Kier molecular flexibility index (Phi) is 7.65. The Hall–Kier alpha value is -3.40. The Balaban J connectivity index is 1.51. The van der Waals surface area contributed by atoms with E-state index in [0.717, 1.165) is 59.5 Å². The third-order valence-electron chi connectivity index (χ3n) is 8.18. The van der Waals surface area contributed by atoms with E-state index >= 15 is 4.39 Å². The average Bonchev–Trinajstić information content (AvgIpc) is 3.43. The first kappa shape index (κ1) is 28.1. The number of anilines is 1. The molecule has 0 radical (unpaired) electrons. The highest BCUT2D eigenvalue weighted by Crippen LogP contribution is 2.46. The summed E-state index contributed by atoms with van der Waals surface area (Å²) < 4.78 is 49.7. The predicted octanol–water partition coefficient (Wildman–Crippen LogP) is 5.63. The number of halogens is 3. The van der Waals surface area contributed by atoms with Gasteiger partial charge in [-0.05, 0) is 63.1 Å². The number of aromatic nitrogens is 2. The number of hydrogen-bond donors (Lipinski definition) is 2. The summed E-state index contributed by atoms with van der Waals surface area (Å²) >= 11 is 0. The molecule has 1 aliphatic carbocycles. The van der Waals surface area contributed by atoms with Gasteiger partial charge in [-0.2, -0.15) is 8.78 Å². The van der Waals surface area contributed by atoms with Gasteiger partial charge >= 0.3 is 0 Å². The van der Waals surface area contributed by atoms with E-state index in [1.165, 1.54) is 12.1 Å². The molecule has 7 nitrogen and oxygen atoms in total. The predicted molar refractivity (Wildman–Crippen MR) is 146 cm³/mol. The number of fused-ring (bicyclic) bond motifs is 3. The van der Waals surface area contributed by atoms with Crippen LogP contribution in [0.25, 0.3) is 10.9 Å². The van der Waals surface area contributed by atoms with Crippen LogP contribution in [0.4, 0.5) is 19.0 Å². The zero-order valence-corrected chi connectivity index (χ0v) is 23.2. The van der Waals surface area contributed by atoms with Crippen LogP contribution in [-0.2, 0) is 17.1 Å². The Morgan fingerprint density at radius 1 is 1.23 bits per heavy atom. The molecule has 1 aromatic heterocycles. The number of rotatable bonds is 7. The number of aliphatic hydroxyl groups excluding tert-OH is 1.